The van der Waals surface area contributed by atoms with Crippen LogP contribution in [-0.2, 0) is 0 Å². The zero-order valence-electron chi connectivity index (χ0n) is 32.8. The number of nitrogens with zero attached hydrogens (tertiary/aromatic N) is 4. The Morgan fingerprint density at radius 2 is 0.915 bits per heavy atom. The molecule has 59 heavy (non-hydrogen) atoms. The third-order valence-corrected chi connectivity index (χ3v) is 16.0. The fraction of sp³-hybridized carbons (Fsp3) is 0.0370. The molecule has 0 fully saturated rings. The number of hydrogen-bond donors (Lipinski definition) is 0. The minimum atomic E-state index is -2.12. The molecule has 0 amide bonds. The fourth-order valence-electron chi connectivity index (χ4n) is 9.77. The summed E-state index contributed by atoms with van der Waals surface area (Å²) >= 11 is 0. The zero-order valence-corrected chi connectivity index (χ0v) is 33.8. The lowest BCUT2D eigenvalue weighted by Gasteiger charge is -2.22. The molecule has 3 aromatic heterocycles. The fourth-order valence-corrected chi connectivity index (χ4v) is 13.0. The molecule has 0 unspecified atom stereocenters. The molecule has 278 valence electrons. The van der Waals surface area contributed by atoms with Crippen LogP contribution in [0.1, 0.15) is 0 Å². The largest absolute Gasteiger partial charge is 0.309 e. The van der Waals surface area contributed by atoms with E-state index in [1.807, 2.05) is 6.07 Å². The minimum absolute atomic E-state index is 0.764. The molecule has 0 spiro atoms. The van der Waals surface area contributed by atoms with Crippen molar-refractivity contribution < 1.29 is 0 Å². The SMILES string of the molecule is C[Si]1(C)c2ccccc2-c2nc(-c3ccccc3)nc(-c3cccc(-c4ccc5c(c4)c4cc(-n6c7ccccc7c7ccccc76)ccc4n5-c4ccccc4)c3)c21. The van der Waals surface area contributed by atoms with Crippen molar-refractivity contribution in [2.45, 2.75) is 13.1 Å². The van der Waals surface area contributed by atoms with E-state index in [1.165, 1.54) is 65.1 Å². The number of rotatable bonds is 5. The molecule has 0 saturated carbocycles. The summed E-state index contributed by atoms with van der Waals surface area (Å²) in [4.78, 5) is 10.7. The number of aromatic nitrogens is 4. The first kappa shape index (κ1) is 33.8. The molecule has 12 rings (SSSR count). The summed E-state index contributed by atoms with van der Waals surface area (Å²) in [5.41, 5.74) is 14.9. The monoisotopic (exact) mass is 770 g/mol. The first-order valence-electron chi connectivity index (χ1n) is 20.3. The summed E-state index contributed by atoms with van der Waals surface area (Å²) in [6.07, 6.45) is 0. The summed E-state index contributed by atoms with van der Waals surface area (Å²) in [5, 5.41) is 7.69. The van der Waals surface area contributed by atoms with E-state index >= 15 is 0 Å². The summed E-state index contributed by atoms with van der Waals surface area (Å²) in [7, 11) is -2.12. The predicted molar refractivity (Wildman–Crippen MR) is 249 cm³/mol. The van der Waals surface area contributed by atoms with Gasteiger partial charge in [-0.15, -0.1) is 0 Å². The van der Waals surface area contributed by atoms with Gasteiger partial charge in [-0.25, -0.2) is 9.97 Å². The Labute approximate surface area is 343 Å². The van der Waals surface area contributed by atoms with Crippen LogP contribution in [0.5, 0.6) is 0 Å². The Bertz CT molecular complexity index is 3420. The van der Waals surface area contributed by atoms with Crippen LogP contribution in [0, 0.1) is 0 Å². The van der Waals surface area contributed by atoms with E-state index < -0.39 is 8.07 Å². The van der Waals surface area contributed by atoms with Crippen molar-refractivity contribution in [3.8, 4) is 56.4 Å². The molecule has 0 N–H and O–H groups in total. The van der Waals surface area contributed by atoms with Crippen molar-refractivity contribution >= 4 is 62.1 Å². The van der Waals surface area contributed by atoms with Gasteiger partial charge in [0.25, 0.3) is 0 Å². The lowest BCUT2D eigenvalue weighted by molar-refractivity contribution is 1.17. The van der Waals surface area contributed by atoms with Gasteiger partial charge in [0.2, 0.25) is 0 Å². The van der Waals surface area contributed by atoms with Gasteiger partial charge < -0.3 is 9.13 Å². The van der Waals surface area contributed by atoms with E-state index in [0.717, 1.165) is 45.3 Å². The van der Waals surface area contributed by atoms with E-state index in [9.17, 15) is 0 Å². The maximum absolute atomic E-state index is 5.42. The maximum atomic E-state index is 5.42. The van der Waals surface area contributed by atoms with Crippen LogP contribution < -0.4 is 10.4 Å². The Balaban J connectivity index is 1.07. The Hall–Kier alpha value is -7.34. The van der Waals surface area contributed by atoms with Gasteiger partial charge in [-0.05, 0) is 87.7 Å². The predicted octanol–water partition coefficient (Wildman–Crippen LogP) is 12.5. The lowest BCUT2D eigenvalue weighted by atomic mass is 9.99. The van der Waals surface area contributed by atoms with Gasteiger partial charge in [0.05, 0.1) is 33.5 Å². The highest BCUT2D eigenvalue weighted by molar-refractivity contribution is 7.04. The topological polar surface area (TPSA) is 35.6 Å². The normalized spacial score (nSPS) is 13.1. The standard InChI is InChI=1S/C54H38N4Si/c1-59(2)50-27-14-11-24-43(50)52-53(59)51(55-54(56-52)35-16-5-3-6-17-35)38-19-15-18-36(32-38)37-28-30-48-44(33-37)45-34-40(29-31-49(45)57(48)39-20-7-4-8-21-39)58-46-25-12-9-22-41(46)42-23-10-13-26-47(42)58/h3-34H,1-2H3. The van der Waals surface area contributed by atoms with Crippen LogP contribution >= 0.6 is 0 Å². The molecule has 1 aliphatic heterocycles. The molecule has 4 heterocycles. The molecular formula is C54H38N4Si. The first-order chi connectivity index (χ1) is 29.0. The van der Waals surface area contributed by atoms with Crippen molar-refractivity contribution in [3.05, 3.63) is 194 Å². The highest BCUT2D eigenvalue weighted by Crippen LogP contribution is 2.40. The van der Waals surface area contributed by atoms with Crippen molar-refractivity contribution in [2.75, 3.05) is 0 Å². The number of fused-ring (bicyclic) bond motifs is 9. The lowest BCUT2D eigenvalue weighted by Crippen LogP contribution is -2.50. The highest BCUT2D eigenvalue weighted by Gasteiger charge is 2.41. The van der Waals surface area contributed by atoms with Gasteiger partial charge in [0, 0.05) is 44.0 Å². The third kappa shape index (κ3) is 5.08. The average molecular weight is 771 g/mol. The number of para-hydroxylation sites is 3. The van der Waals surface area contributed by atoms with E-state index in [2.05, 4.69) is 210 Å². The molecule has 4 nitrogen and oxygen atoms in total. The van der Waals surface area contributed by atoms with E-state index in [0.29, 0.717) is 0 Å². The third-order valence-electron chi connectivity index (χ3n) is 12.5. The Kier molecular flexibility index (Phi) is 7.34. The second-order valence-electron chi connectivity index (χ2n) is 16.2. The van der Waals surface area contributed by atoms with Crippen LogP contribution in [0.15, 0.2) is 194 Å². The molecule has 0 saturated heterocycles. The zero-order chi connectivity index (χ0) is 39.2. The van der Waals surface area contributed by atoms with E-state index in [4.69, 9.17) is 9.97 Å². The smallest absolute Gasteiger partial charge is 0.160 e. The van der Waals surface area contributed by atoms with Crippen molar-refractivity contribution in [1.29, 1.82) is 0 Å². The minimum Gasteiger partial charge on any atom is -0.309 e. The molecular weight excluding hydrogens is 733 g/mol. The summed E-state index contributed by atoms with van der Waals surface area (Å²) in [6, 6.07) is 70.4. The molecule has 0 atom stereocenters. The van der Waals surface area contributed by atoms with Gasteiger partial charge in [-0.2, -0.15) is 0 Å². The van der Waals surface area contributed by atoms with Crippen LogP contribution in [0.4, 0.5) is 0 Å². The summed E-state index contributed by atoms with van der Waals surface area (Å²) in [5.74, 6) is 0.764. The summed E-state index contributed by atoms with van der Waals surface area (Å²) in [6.45, 7) is 4.89. The number of benzene rings is 8. The number of hydrogen-bond acceptors (Lipinski definition) is 2. The molecule has 0 bridgehead atoms. The van der Waals surface area contributed by atoms with Gasteiger partial charge in [0.1, 0.15) is 8.07 Å². The molecule has 0 radical (unpaired) electrons. The van der Waals surface area contributed by atoms with Crippen molar-refractivity contribution in [3.63, 3.8) is 0 Å². The van der Waals surface area contributed by atoms with Crippen LogP contribution in [0.3, 0.4) is 0 Å². The van der Waals surface area contributed by atoms with Gasteiger partial charge in [-0.1, -0.05) is 147 Å². The molecule has 11 aromatic rings. The quantitative estimate of drug-likeness (QED) is 0.163. The van der Waals surface area contributed by atoms with Crippen LogP contribution in [0.2, 0.25) is 13.1 Å². The summed E-state index contributed by atoms with van der Waals surface area (Å²) < 4.78 is 4.82. The maximum Gasteiger partial charge on any atom is 0.160 e. The molecule has 0 aliphatic carbocycles. The van der Waals surface area contributed by atoms with Crippen molar-refractivity contribution in [2.24, 2.45) is 0 Å². The van der Waals surface area contributed by atoms with Gasteiger partial charge >= 0.3 is 0 Å². The van der Waals surface area contributed by atoms with Crippen LogP contribution in [-0.4, -0.2) is 27.2 Å². The molecule has 5 heteroatoms. The van der Waals surface area contributed by atoms with E-state index in [1.54, 1.807) is 0 Å². The molecule has 8 aromatic carbocycles. The Morgan fingerprint density at radius 1 is 0.373 bits per heavy atom. The second-order valence-corrected chi connectivity index (χ2v) is 20.5. The Morgan fingerprint density at radius 3 is 1.68 bits per heavy atom. The van der Waals surface area contributed by atoms with Gasteiger partial charge in [-0.3, -0.25) is 0 Å². The average Bonchev–Trinajstić information content (AvgIpc) is 3.89. The highest BCUT2D eigenvalue weighted by atomic mass is 28.3. The van der Waals surface area contributed by atoms with Crippen molar-refractivity contribution in [1.82, 2.24) is 19.1 Å². The van der Waals surface area contributed by atoms with E-state index in [-0.39, 0.29) is 0 Å². The van der Waals surface area contributed by atoms with Gasteiger partial charge in [0.15, 0.2) is 5.82 Å². The first-order valence-corrected chi connectivity index (χ1v) is 23.3. The second kappa shape index (κ2) is 12.8. The molecule has 1 aliphatic rings. The van der Waals surface area contributed by atoms with Crippen LogP contribution in [0.25, 0.3) is 100 Å².